The van der Waals surface area contributed by atoms with E-state index in [1.165, 1.54) is 25.7 Å². The Bertz CT molecular complexity index is 416. The summed E-state index contributed by atoms with van der Waals surface area (Å²) in [6.45, 7) is 2.34. The number of pyridine rings is 1. The summed E-state index contributed by atoms with van der Waals surface area (Å²) in [5.74, 6) is 1.83. The van der Waals surface area contributed by atoms with Crippen molar-refractivity contribution in [3.05, 3.63) is 23.9 Å². The van der Waals surface area contributed by atoms with Crippen LogP contribution < -0.4 is 10.6 Å². The molecule has 1 fully saturated rings. The van der Waals surface area contributed by atoms with E-state index in [9.17, 15) is 0 Å². The van der Waals surface area contributed by atoms with E-state index in [0.29, 0.717) is 11.0 Å². The minimum atomic E-state index is 0.406. The maximum Gasteiger partial charge on any atom is 0.128 e. The summed E-state index contributed by atoms with van der Waals surface area (Å²) in [4.78, 5) is 7.15. The minimum Gasteiger partial charge on any atom is -0.389 e. The number of hydrogen-bond donors (Lipinski definition) is 1. The summed E-state index contributed by atoms with van der Waals surface area (Å²) in [6, 6.07) is 4.57. The molecule has 1 aromatic rings. The Balaban J connectivity index is 2.08. The van der Waals surface area contributed by atoms with Gasteiger partial charge in [-0.05, 0) is 30.9 Å². The van der Waals surface area contributed by atoms with Crippen molar-refractivity contribution >= 4 is 23.0 Å². The van der Waals surface area contributed by atoms with Crippen LogP contribution in [0, 0.1) is 5.92 Å². The molecule has 0 amide bonds. The topological polar surface area (TPSA) is 42.1 Å². The molecule has 2 N–H and O–H groups in total. The highest BCUT2D eigenvalue weighted by molar-refractivity contribution is 7.80. The number of aromatic nitrogens is 1. The summed E-state index contributed by atoms with van der Waals surface area (Å²) < 4.78 is 0. The average molecular weight is 263 g/mol. The van der Waals surface area contributed by atoms with Gasteiger partial charge in [-0.2, -0.15) is 0 Å². The second-order valence-electron chi connectivity index (χ2n) is 5.31. The molecule has 0 radical (unpaired) electrons. The van der Waals surface area contributed by atoms with E-state index in [-0.39, 0.29) is 0 Å². The van der Waals surface area contributed by atoms with Crippen molar-refractivity contribution in [3.8, 4) is 0 Å². The van der Waals surface area contributed by atoms with E-state index >= 15 is 0 Å². The fourth-order valence-corrected chi connectivity index (χ4v) is 2.80. The zero-order chi connectivity index (χ0) is 13.1. The van der Waals surface area contributed by atoms with Gasteiger partial charge >= 0.3 is 0 Å². The van der Waals surface area contributed by atoms with Crippen molar-refractivity contribution in [1.29, 1.82) is 0 Å². The van der Waals surface area contributed by atoms with Gasteiger partial charge in [0.05, 0.1) is 0 Å². The van der Waals surface area contributed by atoms with Gasteiger partial charge < -0.3 is 10.6 Å². The first-order chi connectivity index (χ1) is 8.58. The van der Waals surface area contributed by atoms with Crippen LogP contribution in [-0.4, -0.2) is 23.1 Å². The summed E-state index contributed by atoms with van der Waals surface area (Å²) in [5, 5.41) is 0. The highest BCUT2D eigenvalue weighted by atomic mass is 32.1. The van der Waals surface area contributed by atoms with Crippen molar-refractivity contribution in [3.63, 3.8) is 0 Å². The van der Waals surface area contributed by atoms with Crippen LogP contribution >= 0.6 is 12.2 Å². The van der Waals surface area contributed by atoms with E-state index < -0.39 is 0 Å². The molecule has 0 aliphatic heterocycles. The summed E-state index contributed by atoms with van der Waals surface area (Å²) in [6.07, 6.45) is 6.97. The van der Waals surface area contributed by atoms with Gasteiger partial charge in [-0.3, -0.25) is 0 Å². The zero-order valence-corrected chi connectivity index (χ0v) is 11.9. The molecule has 1 aliphatic carbocycles. The monoisotopic (exact) mass is 263 g/mol. The normalized spacial score (nSPS) is 23.7. The molecule has 3 nitrogen and oxygen atoms in total. The molecule has 1 aromatic heterocycles. The third-order valence-corrected chi connectivity index (χ3v) is 4.09. The second-order valence-corrected chi connectivity index (χ2v) is 5.75. The van der Waals surface area contributed by atoms with Gasteiger partial charge in [0.2, 0.25) is 0 Å². The molecular formula is C14H21N3S. The molecular weight excluding hydrogens is 242 g/mol. The van der Waals surface area contributed by atoms with Gasteiger partial charge in [0.25, 0.3) is 0 Å². The summed E-state index contributed by atoms with van der Waals surface area (Å²) >= 11 is 4.94. The van der Waals surface area contributed by atoms with Crippen molar-refractivity contribution < 1.29 is 0 Å². The largest absolute Gasteiger partial charge is 0.389 e. The minimum absolute atomic E-state index is 0.406. The molecule has 0 bridgehead atoms. The second kappa shape index (κ2) is 5.65. The fraction of sp³-hybridized carbons (Fsp3) is 0.571. The lowest BCUT2D eigenvalue weighted by molar-refractivity contribution is 0.335. The molecule has 1 aliphatic rings. The van der Waals surface area contributed by atoms with Crippen LogP contribution in [0.2, 0.25) is 0 Å². The molecule has 0 aromatic carbocycles. The molecule has 1 heterocycles. The van der Waals surface area contributed by atoms with E-state index in [4.69, 9.17) is 18.0 Å². The number of nitrogens with two attached hydrogens (primary N) is 1. The Morgan fingerprint density at radius 2 is 2.22 bits per heavy atom. The number of hydrogen-bond acceptors (Lipinski definition) is 3. The summed E-state index contributed by atoms with van der Waals surface area (Å²) in [5.41, 5.74) is 6.41. The van der Waals surface area contributed by atoms with Crippen LogP contribution in [0.4, 0.5) is 5.82 Å². The Hall–Kier alpha value is -1.16. The van der Waals surface area contributed by atoms with E-state index in [2.05, 4.69) is 23.9 Å². The van der Waals surface area contributed by atoms with Crippen LogP contribution in [0.1, 0.15) is 38.2 Å². The molecule has 2 atom stereocenters. The first kappa shape index (κ1) is 13.3. The Labute approximate surface area is 114 Å². The Kier molecular flexibility index (Phi) is 4.17. The molecule has 98 valence electrons. The number of nitrogens with zero attached hydrogens (tertiary/aromatic N) is 2. The fourth-order valence-electron chi connectivity index (χ4n) is 2.68. The lowest BCUT2D eigenvalue weighted by Crippen LogP contribution is -2.36. The number of thiocarbonyl (C=S) groups is 1. The zero-order valence-electron chi connectivity index (χ0n) is 11.1. The molecule has 18 heavy (non-hydrogen) atoms. The first-order valence-electron chi connectivity index (χ1n) is 6.56. The van der Waals surface area contributed by atoms with Crippen LogP contribution in [0.5, 0.6) is 0 Å². The molecule has 1 saturated carbocycles. The molecule has 0 spiro atoms. The lowest BCUT2D eigenvalue weighted by atomic mass is 9.86. The molecule has 2 unspecified atom stereocenters. The van der Waals surface area contributed by atoms with Gasteiger partial charge in [-0.1, -0.05) is 32.0 Å². The van der Waals surface area contributed by atoms with Crippen molar-refractivity contribution in [2.45, 2.75) is 38.6 Å². The third kappa shape index (κ3) is 2.99. The highest BCUT2D eigenvalue weighted by Gasteiger charge is 2.23. The van der Waals surface area contributed by atoms with Crippen molar-refractivity contribution in [2.24, 2.45) is 11.7 Å². The van der Waals surface area contributed by atoms with Gasteiger partial charge in [0.1, 0.15) is 10.8 Å². The summed E-state index contributed by atoms with van der Waals surface area (Å²) in [7, 11) is 2.13. The van der Waals surface area contributed by atoms with Crippen LogP contribution in [0.25, 0.3) is 0 Å². The maximum atomic E-state index is 5.58. The predicted octanol–water partition coefficient (Wildman–Crippen LogP) is 2.73. The lowest BCUT2D eigenvalue weighted by Gasteiger charge is -2.34. The van der Waals surface area contributed by atoms with Crippen LogP contribution in [0.3, 0.4) is 0 Å². The van der Waals surface area contributed by atoms with Crippen LogP contribution in [0.15, 0.2) is 18.3 Å². The predicted molar refractivity (Wildman–Crippen MR) is 79.9 cm³/mol. The third-order valence-electron chi connectivity index (χ3n) is 3.85. The van der Waals surface area contributed by atoms with Gasteiger partial charge in [0.15, 0.2) is 0 Å². The first-order valence-corrected chi connectivity index (χ1v) is 6.97. The van der Waals surface area contributed by atoms with Crippen LogP contribution in [-0.2, 0) is 0 Å². The highest BCUT2D eigenvalue weighted by Crippen LogP contribution is 2.28. The SMILES string of the molecule is CC1CCCC(N(C)c2ccc(C(N)=S)cn2)C1. The number of anilines is 1. The maximum absolute atomic E-state index is 5.58. The standard InChI is InChI=1S/C14H21N3S/c1-10-4-3-5-12(8-10)17(2)13-7-6-11(9-16-13)14(15)18/h6-7,9-10,12H,3-5,8H2,1-2H3,(H2,15,18). The molecule has 0 saturated heterocycles. The van der Waals surface area contributed by atoms with E-state index in [0.717, 1.165) is 17.3 Å². The van der Waals surface area contributed by atoms with Gasteiger partial charge in [-0.25, -0.2) is 4.98 Å². The Morgan fingerprint density at radius 3 is 2.78 bits per heavy atom. The quantitative estimate of drug-likeness (QED) is 0.852. The van der Waals surface area contributed by atoms with Gasteiger partial charge in [0, 0.05) is 24.8 Å². The Morgan fingerprint density at radius 1 is 1.44 bits per heavy atom. The van der Waals surface area contributed by atoms with E-state index in [1.807, 2.05) is 12.1 Å². The van der Waals surface area contributed by atoms with E-state index in [1.54, 1.807) is 6.20 Å². The van der Waals surface area contributed by atoms with Gasteiger partial charge in [-0.15, -0.1) is 0 Å². The molecule has 2 rings (SSSR count). The van der Waals surface area contributed by atoms with Crippen molar-refractivity contribution in [2.75, 3.05) is 11.9 Å². The smallest absolute Gasteiger partial charge is 0.128 e. The number of rotatable bonds is 3. The average Bonchev–Trinajstić information content (AvgIpc) is 2.38. The molecule has 4 heteroatoms. The van der Waals surface area contributed by atoms with Crippen molar-refractivity contribution in [1.82, 2.24) is 4.98 Å².